The maximum Gasteiger partial charge on any atom is 0.343 e. The zero-order valence-corrected chi connectivity index (χ0v) is 15.1. The quantitative estimate of drug-likeness (QED) is 0.470. The second-order valence-electron chi connectivity index (χ2n) is 6.80. The Balaban J connectivity index is 2.12. The first-order chi connectivity index (χ1) is 11.7. The fraction of sp³-hybridized carbons (Fsp3) is 0.412. The molecule has 0 bridgehead atoms. The predicted molar refractivity (Wildman–Crippen MR) is 91.8 cm³/mol. The van der Waals surface area contributed by atoms with Crippen molar-refractivity contribution in [1.82, 2.24) is 15.0 Å². The molecule has 1 aliphatic heterocycles. The number of hydrogen-bond acceptors (Lipinski definition) is 6. The van der Waals surface area contributed by atoms with Crippen LogP contribution in [0.3, 0.4) is 0 Å². The van der Waals surface area contributed by atoms with E-state index in [-0.39, 0.29) is 17.0 Å². The summed E-state index contributed by atoms with van der Waals surface area (Å²) in [5, 5.41) is 0.0115. The molecule has 25 heavy (non-hydrogen) atoms. The predicted octanol–water partition coefficient (Wildman–Crippen LogP) is 3.66. The van der Waals surface area contributed by atoms with Gasteiger partial charge >= 0.3 is 5.97 Å². The molecule has 0 N–H and O–H groups in total. The number of anilines is 2. The van der Waals surface area contributed by atoms with Gasteiger partial charge in [-0.3, -0.25) is 0 Å². The number of halogens is 2. The molecule has 2 aromatic rings. The molecule has 132 valence electrons. The van der Waals surface area contributed by atoms with Gasteiger partial charge in [-0.15, -0.1) is 0 Å². The zero-order valence-electron chi connectivity index (χ0n) is 14.4. The average Bonchev–Trinajstić information content (AvgIpc) is 2.77. The molecule has 0 atom stereocenters. The largest absolute Gasteiger partial charge is 0.459 e. The molecule has 0 unspecified atom stereocenters. The second kappa shape index (κ2) is 6.22. The maximum atomic E-state index is 13.6. The van der Waals surface area contributed by atoms with Crippen LogP contribution in [0.1, 0.15) is 43.7 Å². The van der Waals surface area contributed by atoms with Crippen LogP contribution in [0.4, 0.5) is 15.9 Å². The number of carbonyl (C=O) groups is 1. The number of nitrogens with zero attached hydrogens (tertiary/aromatic N) is 4. The van der Waals surface area contributed by atoms with Gasteiger partial charge in [0.2, 0.25) is 11.2 Å². The van der Waals surface area contributed by atoms with Crippen LogP contribution in [0.25, 0.3) is 0 Å². The molecule has 0 radical (unpaired) electrons. The highest BCUT2D eigenvalue weighted by molar-refractivity contribution is 6.28. The summed E-state index contributed by atoms with van der Waals surface area (Å²) in [6.45, 7) is 7.89. The van der Waals surface area contributed by atoms with E-state index in [0.717, 1.165) is 0 Å². The number of ether oxygens (including phenoxy) is 1. The van der Waals surface area contributed by atoms with E-state index in [1.54, 1.807) is 24.8 Å². The highest BCUT2D eigenvalue weighted by atomic mass is 35.5. The Labute approximate surface area is 150 Å². The summed E-state index contributed by atoms with van der Waals surface area (Å²) < 4.78 is 18.9. The average molecular weight is 365 g/mol. The molecule has 0 saturated heterocycles. The Morgan fingerprint density at radius 3 is 2.76 bits per heavy atom. The molecule has 1 aliphatic rings. The first-order valence-electron chi connectivity index (χ1n) is 7.87. The van der Waals surface area contributed by atoms with Crippen LogP contribution in [-0.4, -0.2) is 33.6 Å². The first kappa shape index (κ1) is 17.5. The SMILES string of the molecule is CC(C)OC(=O)c1cnc(Cl)nc1N1CC(C)(C)c2nc(F)ccc21. The Morgan fingerprint density at radius 1 is 1.36 bits per heavy atom. The van der Waals surface area contributed by atoms with Crippen LogP contribution in [-0.2, 0) is 10.2 Å². The van der Waals surface area contributed by atoms with Crippen LogP contribution >= 0.6 is 11.6 Å². The molecule has 0 aromatic carbocycles. The van der Waals surface area contributed by atoms with Crippen LogP contribution in [0.5, 0.6) is 0 Å². The van der Waals surface area contributed by atoms with Crippen LogP contribution in [0, 0.1) is 5.95 Å². The van der Waals surface area contributed by atoms with Gasteiger partial charge in [-0.05, 0) is 37.6 Å². The molecule has 0 fully saturated rings. The summed E-state index contributed by atoms with van der Waals surface area (Å²) in [5.41, 5.74) is 1.06. The molecule has 3 rings (SSSR count). The zero-order chi connectivity index (χ0) is 18.4. The minimum Gasteiger partial charge on any atom is -0.459 e. The summed E-state index contributed by atoms with van der Waals surface area (Å²) in [5.74, 6) is -0.761. The Kier molecular flexibility index (Phi) is 4.36. The number of rotatable bonds is 3. The number of hydrogen-bond donors (Lipinski definition) is 0. The van der Waals surface area contributed by atoms with E-state index in [2.05, 4.69) is 15.0 Å². The van der Waals surface area contributed by atoms with Gasteiger partial charge in [0.15, 0.2) is 5.82 Å². The smallest absolute Gasteiger partial charge is 0.343 e. The fourth-order valence-electron chi connectivity index (χ4n) is 2.87. The second-order valence-corrected chi connectivity index (χ2v) is 7.14. The standard InChI is InChI=1S/C17H18ClFN4O2/c1-9(2)25-15(24)10-7-20-16(18)22-14(10)23-8-17(3,4)13-11(23)5-6-12(19)21-13/h5-7,9H,8H2,1-4H3. The van der Waals surface area contributed by atoms with E-state index in [0.29, 0.717) is 23.7 Å². The number of carbonyl (C=O) groups excluding carboxylic acids is 1. The third-order valence-electron chi connectivity index (χ3n) is 3.88. The van der Waals surface area contributed by atoms with Crippen LogP contribution < -0.4 is 4.90 Å². The third-order valence-corrected chi connectivity index (χ3v) is 4.06. The molecule has 8 heteroatoms. The van der Waals surface area contributed by atoms with Crippen molar-refractivity contribution in [3.05, 3.63) is 40.8 Å². The molecular weight excluding hydrogens is 347 g/mol. The minimum absolute atomic E-state index is 0.0115. The van der Waals surface area contributed by atoms with Gasteiger partial charge in [-0.1, -0.05) is 13.8 Å². The summed E-state index contributed by atoms with van der Waals surface area (Å²) in [4.78, 5) is 26.4. The van der Waals surface area contributed by atoms with Gasteiger partial charge in [0.05, 0.1) is 17.5 Å². The molecule has 2 aromatic heterocycles. The van der Waals surface area contributed by atoms with Gasteiger partial charge in [-0.25, -0.2) is 14.8 Å². The fourth-order valence-corrected chi connectivity index (χ4v) is 3.00. The van der Waals surface area contributed by atoms with Gasteiger partial charge in [0, 0.05) is 18.2 Å². The monoisotopic (exact) mass is 364 g/mol. The van der Waals surface area contributed by atoms with Crippen molar-refractivity contribution in [3.63, 3.8) is 0 Å². The number of esters is 1. The summed E-state index contributed by atoms with van der Waals surface area (Å²) in [6.07, 6.45) is 1.06. The highest BCUT2D eigenvalue weighted by Crippen LogP contribution is 2.43. The number of aromatic nitrogens is 3. The van der Waals surface area contributed by atoms with Gasteiger partial charge in [0.25, 0.3) is 0 Å². The van der Waals surface area contributed by atoms with E-state index in [1.165, 1.54) is 12.3 Å². The molecule has 0 amide bonds. The third kappa shape index (κ3) is 3.28. The maximum absolute atomic E-state index is 13.6. The number of fused-ring (bicyclic) bond motifs is 1. The summed E-state index contributed by atoms with van der Waals surface area (Å²) in [7, 11) is 0. The molecule has 0 spiro atoms. The lowest BCUT2D eigenvalue weighted by molar-refractivity contribution is 0.0378. The van der Waals surface area contributed by atoms with Gasteiger partial charge in [0.1, 0.15) is 5.56 Å². The van der Waals surface area contributed by atoms with E-state index < -0.39 is 17.3 Å². The molecule has 0 aliphatic carbocycles. The lowest BCUT2D eigenvalue weighted by Crippen LogP contribution is -2.28. The lowest BCUT2D eigenvalue weighted by Gasteiger charge is -2.23. The van der Waals surface area contributed by atoms with Crippen molar-refractivity contribution in [3.8, 4) is 0 Å². The van der Waals surface area contributed by atoms with Crippen LogP contribution in [0.2, 0.25) is 5.28 Å². The van der Waals surface area contributed by atoms with E-state index >= 15 is 0 Å². The van der Waals surface area contributed by atoms with Crippen molar-refractivity contribution in [2.24, 2.45) is 0 Å². The van der Waals surface area contributed by atoms with Gasteiger partial charge in [-0.2, -0.15) is 9.37 Å². The normalized spacial score (nSPS) is 15.4. The number of pyridine rings is 1. The highest BCUT2D eigenvalue weighted by Gasteiger charge is 2.39. The Hall–Kier alpha value is -2.28. The summed E-state index contributed by atoms with van der Waals surface area (Å²) >= 11 is 5.95. The molecule has 6 nitrogen and oxygen atoms in total. The Bertz CT molecular complexity index is 841. The molecule has 0 saturated carbocycles. The molecule has 3 heterocycles. The van der Waals surface area contributed by atoms with Crippen LogP contribution in [0.15, 0.2) is 18.3 Å². The van der Waals surface area contributed by atoms with E-state index in [4.69, 9.17) is 16.3 Å². The first-order valence-corrected chi connectivity index (χ1v) is 8.25. The van der Waals surface area contributed by atoms with Crippen molar-refractivity contribution in [2.45, 2.75) is 39.2 Å². The molecular formula is C17H18ClFN4O2. The van der Waals surface area contributed by atoms with Crippen molar-refractivity contribution >= 4 is 29.1 Å². The minimum atomic E-state index is -0.547. The van der Waals surface area contributed by atoms with Crippen molar-refractivity contribution in [1.29, 1.82) is 0 Å². The topological polar surface area (TPSA) is 68.2 Å². The van der Waals surface area contributed by atoms with Gasteiger partial charge < -0.3 is 9.64 Å². The van der Waals surface area contributed by atoms with Crippen molar-refractivity contribution < 1.29 is 13.9 Å². The lowest BCUT2D eigenvalue weighted by atomic mass is 9.91. The van der Waals surface area contributed by atoms with E-state index in [9.17, 15) is 9.18 Å². The van der Waals surface area contributed by atoms with E-state index in [1.807, 2.05) is 13.8 Å². The Morgan fingerprint density at radius 2 is 2.08 bits per heavy atom. The van der Waals surface area contributed by atoms with Crippen molar-refractivity contribution in [2.75, 3.05) is 11.4 Å². The summed E-state index contributed by atoms with van der Waals surface area (Å²) in [6, 6.07) is 2.90.